The highest BCUT2D eigenvalue weighted by Gasteiger charge is 2.14. The third kappa shape index (κ3) is 3.20. The summed E-state index contributed by atoms with van der Waals surface area (Å²) in [6.45, 7) is 1.55. The second-order valence-electron chi connectivity index (χ2n) is 3.02. The van der Waals surface area contributed by atoms with Crippen molar-refractivity contribution >= 4 is 21.7 Å². The van der Waals surface area contributed by atoms with E-state index >= 15 is 0 Å². The first-order chi connectivity index (χ1) is 6.63. The Labute approximate surface area is 91.6 Å². The molecule has 0 bridgehead atoms. The minimum Gasteiger partial charge on any atom is -0.375 e. The van der Waals surface area contributed by atoms with Crippen molar-refractivity contribution in [2.75, 3.05) is 7.11 Å². The average Bonchev–Trinajstić information content (AvgIpc) is 2.14. The monoisotopic (exact) mass is 257 g/mol. The topological polar surface area (TPSA) is 39.2 Å². The van der Waals surface area contributed by atoms with Gasteiger partial charge in [0.05, 0.1) is 5.69 Å². The lowest BCUT2D eigenvalue weighted by Crippen LogP contribution is -2.08. The fraction of sp³-hybridized carbons (Fsp3) is 0.400. The smallest absolute Gasteiger partial charge is 0.132 e. The summed E-state index contributed by atoms with van der Waals surface area (Å²) in [5.41, 5.74) is 0.775. The Bertz CT molecular complexity index is 328. The minimum absolute atomic E-state index is 0.0959. The van der Waals surface area contributed by atoms with Crippen molar-refractivity contribution < 1.29 is 9.53 Å². The number of carbonyl (C=O) groups is 1. The van der Waals surface area contributed by atoms with E-state index in [1.807, 2.05) is 18.2 Å². The largest absolute Gasteiger partial charge is 0.375 e. The number of halogens is 1. The summed E-state index contributed by atoms with van der Waals surface area (Å²) in [5, 5.41) is 0. The molecule has 0 aliphatic rings. The number of ketones is 1. The SMILES string of the molecule is COC(CC(C)=O)c1cccc(Br)n1. The van der Waals surface area contributed by atoms with E-state index in [9.17, 15) is 4.79 Å². The Kier molecular flexibility index (Phi) is 4.22. The summed E-state index contributed by atoms with van der Waals surface area (Å²) in [6.07, 6.45) is 0.116. The van der Waals surface area contributed by atoms with Crippen LogP contribution >= 0.6 is 15.9 Å². The van der Waals surface area contributed by atoms with Gasteiger partial charge in [-0.1, -0.05) is 6.07 Å². The Morgan fingerprint density at radius 3 is 2.86 bits per heavy atom. The predicted octanol–water partition coefficient (Wildman–Crippen LogP) is 2.51. The third-order valence-electron chi connectivity index (χ3n) is 1.82. The van der Waals surface area contributed by atoms with Crippen molar-refractivity contribution in [3.8, 4) is 0 Å². The molecule has 1 unspecified atom stereocenters. The molecule has 0 saturated heterocycles. The normalized spacial score (nSPS) is 12.5. The molecule has 1 rings (SSSR count). The van der Waals surface area contributed by atoms with Crippen LogP contribution in [0.5, 0.6) is 0 Å². The fourth-order valence-corrected chi connectivity index (χ4v) is 1.53. The lowest BCUT2D eigenvalue weighted by Gasteiger charge is -2.12. The molecular weight excluding hydrogens is 246 g/mol. The average molecular weight is 258 g/mol. The van der Waals surface area contributed by atoms with E-state index in [1.165, 1.54) is 0 Å². The second-order valence-corrected chi connectivity index (χ2v) is 3.83. The molecule has 1 atom stereocenters. The Morgan fingerprint density at radius 2 is 2.36 bits per heavy atom. The van der Waals surface area contributed by atoms with Crippen LogP contribution in [0.25, 0.3) is 0 Å². The Hall–Kier alpha value is -0.740. The highest BCUT2D eigenvalue weighted by molar-refractivity contribution is 9.10. The molecule has 0 fully saturated rings. The zero-order valence-electron chi connectivity index (χ0n) is 8.16. The van der Waals surface area contributed by atoms with Crippen LogP contribution in [0.1, 0.15) is 25.1 Å². The van der Waals surface area contributed by atoms with Gasteiger partial charge >= 0.3 is 0 Å². The number of pyridine rings is 1. The third-order valence-corrected chi connectivity index (χ3v) is 2.27. The molecule has 0 amide bonds. The number of carbonyl (C=O) groups excluding carboxylic acids is 1. The number of ether oxygens (including phenoxy) is 1. The van der Waals surface area contributed by atoms with Gasteiger partial charge in [0.15, 0.2) is 0 Å². The molecule has 76 valence electrons. The van der Waals surface area contributed by atoms with E-state index in [4.69, 9.17) is 4.74 Å². The summed E-state index contributed by atoms with van der Waals surface area (Å²) in [7, 11) is 1.58. The molecular formula is C10H12BrNO2. The van der Waals surface area contributed by atoms with Crippen LogP contribution < -0.4 is 0 Å². The van der Waals surface area contributed by atoms with Gasteiger partial charge in [-0.05, 0) is 35.0 Å². The summed E-state index contributed by atoms with van der Waals surface area (Å²) in [5.74, 6) is 0.0959. The highest BCUT2D eigenvalue weighted by Crippen LogP contribution is 2.20. The molecule has 14 heavy (non-hydrogen) atoms. The fourth-order valence-electron chi connectivity index (χ4n) is 1.17. The van der Waals surface area contributed by atoms with Gasteiger partial charge in [0.1, 0.15) is 16.5 Å². The quantitative estimate of drug-likeness (QED) is 0.779. The number of nitrogens with zero attached hydrogens (tertiary/aromatic N) is 1. The summed E-state index contributed by atoms with van der Waals surface area (Å²) >= 11 is 3.27. The van der Waals surface area contributed by atoms with Crippen LogP contribution in [0.2, 0.25) is 0 Å². The molecule has 1 heterocycles. The second kappa shape index (κ2) is 5.22. The molecule has 0 N–H and O–H groups in total. The van der Waals surface area contributed by atoms with Crippen molar-refractivity contribution in [3.05, 3.63) is 28.5 Å². The van der Waals surface area contributed by atoms with Crippen LogP contribution in [0.15, 0.2) is 22.8 Å². The van der Waals surface area contributed by atoms with Crippen LogP contribution in [-0.2, 0) is 9.53 Å². The number of aromatic nitrogens is 1. The van der Waals surface area contributed by atoms with Gasteiger partial charge in [0.2, 0.25) is 0 Å². The molecule has 4 heteroatoms. The molecule has 0 aliphatic heterocycles. The Balaban J connectivity index is 2.83. The maximum atomic E-state index is 11.0. The van der Waals surface area contributed by atoms with Gasteiger partial charge in [0.25, 0.3) is 0 Å². The number of methoxy groups -OCH3 is 1. The highest BCUT2D eigenvalue weighted by atomic mass is 79.9. The van der Waals surface area contributed by atoms with Crippen molar-refractivity contribution in [1.82, 2.24) is 4.98 Å². The van der Waals surface area contributed by atoms with Gasteiger partial charge in [-0.15, -0.1) is 0 Å². The van der Waals surface area contributed by atoms with Gasteiger partial charge in [-0.25, -0.2) is 4.98 Å². The standard InChI is InChI=1S/C10H12BrNO2/c1-7(13)6-9(14-2)8-4-3-5-10(11)12-8/h3-5,9H,6H2,1-2H3. The van der Waals surface area contributed by atoms with Gasteiger partial charge in [-0.2, -0.15) is 0 Å². The summed E-state index contributed by atoms with van der Waals surface area (Å²) in [6, 6.07) is 5.56. The van der Waals surface area contributed by atoms with Crippen LogP contribution in [0, 0.1) is 0 Å². The van der Waals surface area contributed by atoms with Gasteiger partial charge < -0.3 is 4.74 Å². The summed E-state index contributed by atoms with van der Waals surface area (Å²) in [4.78, 5) is 15.2. The molecule has 1 aromatic rings. The maximum absolute atomic E-state index is 11.0. The molecule has 0 spiro atoms. The molecule has 3 nitrogen and oxygen atoms in total. The molecule has 0 saturated carbocycles. The first-order valence-electron chi connectivity index (χ1n) is 4.28. The minimum atomic E-state index is -0.245. The van der Waals surface area contributed by atoms with E-state index in [1.54, 1.807) is 14.0 Å². The first kappa shape index (κ1) is 11.3. The van der Waals surface area contributed by atoms with Crippen LogP contribution in [0.4, 0.5) is 0 Å². The zero-order chi connectivity index (χ0) is 10.6. The lowest BCUT2D eigenvalue weighted by atomic mass is 10.1. The van der Waals surface area contributed by atoms with E-state index in [-0.39, 0.29) is 11.9 Å². The lowest BCUT2D eigenvalue weighted by molar-refractivity contribution is -0.119. The number of Topliss-reactive ketones (excluding diaryl/α,β-unsaturated/α-hetero) is 1. The van der Waals surface area contributed by atoms with Crippen molar-refractivity contribution in [2.45, 2.75) is 19.4 Å². The zero-order valence-corrected chi connectivity index (χ0v) is 9.74. The van der Waals surface area contributed by atoms with Crippen molar-refractivity contribution in [1.29, 1.82) is 0 Å². The molecule has 0 aliphatic carbocycles. The first-order valence-corrected chi connectivity index (χ1v) is 5.07. The maximum Gasteiger partial charge on any atom is 0.132 e. The Morgan fingerprint density at radius 1 is 1.64 bits per heavy atom. The summed E-state index contributed by atoms with van der Waals surface area (Å²) < 4.78 is 5.95. The van der Waals surface area contributed by atoms with E-state index in [0.717, 1.165) is 10.3 Å². The molecule has 0 aromatic carbocycles. The van der Waals surface area contributed by atoms with E-state index in [0.29, 0.717) is 6.42 Å². The van der Waals surface area contributed by atoms with Crippen molar-refractivity contribution in [2.24, 2.45) is 0 Å². The number of rotatable bonds is 4. The van der Waals surface area contributed by atoms with E-state index in [2.05, 4.69) is 20.9 Å². The predicted molar refractivity (Wildman–Crippen MR) is 57.0 cm³/mol. The molecule has 0 radical (unpaired) electrons. The van der Waals surface area contributed by atoms with E-state index < -0.39 is 0 Å². The van der Waals surface area contributed by atoms with Crippen molar-refractivity contribution in [3.63, 3.8) is 0 Å². The molecule has 1 aromatic heterocycles. The number of hydrogen-bond acceptors (Lipinski definition) is 3. The van der Waals surface area contributed by atoms with Crippen LogP contribution in [-0.4, -0.2) is 17.9 Å². The number of hydrogen-bond donors (Lipinski definition) is 0. The van der Waals surface area contributed by atoms with Gasteiger partial charge in [-0.3, -0.25) is 4.79 Å². The van der Waals surface area contributed by atoms with Gasteiger partial charge in [0, 0.05) is 13.5 Å². The van der Waals surface area contributed by atoms with Crippen LogP contribution in [0.3, 0.4) is 0 Å².